The van der Waals surface area contributed by atoms with Crippen molar-refractivity contribution < 1.29 is 22.4 Å². The number of benzene rings is 1. The van der Waals surface area contributed by atoms with Crippen molar-refractivity contribution in [3.8, 4) is 0 Å². The second-order valence-corrected chi connectivity index (χ2v) is 3.92. The number of rotatable bonds is 3. The average molecular weight is 249 g/mol. The number of nitrogens with two attached hydrogens (primary N) is 1. The van der Waals surface area contributed by atoms with Gasteiger partial charge in [-0.3, -0.25) is 4.79 Å². The Morgan fingerprint density at radius 3 is 2.24 bits per heavy atom. The zero-order valence-electron chi connectivity index (χ0n) is 9.01. The molecule has 0 aliphatic carbocycles. The molecule has 0 aromatic heterocycles. The molecular weight excluding hydrogens is 238 g/mol. The van der Waals surface area contributed by atoms with Crippen molar-refractivity contribution in [1.82, 2.24) is 0 Å². The predicted octanol–water partition coefficient (Wildman–Crippen LogP) is 2.77. The van der Waals surface area contributed by atoms with Gasteiger partial charge in [0.25, 0.3) is 0 Å². The van der Waals surface area contributed by atoms with Crippen LogP contribution in [-0.2, 0) is 16.6 Å². The summed E-state index contributed by atoms with van der Waals surface area (Å²) >= 11 is 0. The summed E-state index contributed by atoms with van der Waals surface area (Å²) in [6.07, 6.45) is -5.20. The maximum Gasteiger partial charge on any atom is 0.416 e. The fourth-order valence-electron chi connectivity index (χ4n) is 1.45. The van der Waals surface area contributed by atoms with Gasteiger partial charge >= 0.3 is 6.18 Å². The second kappa shape index (κ2) is 4.35. The van der Waals surface area contributed by atoms with Gasteiger partial charge in [-0.15, -0.1) is 0 Å². The molecule has 0 heterocycles. The Balaban J connectivity index is 3.11. The van der Waals surface area contributed by atoms with Crippen LogP contribution >= 0.6 is 0 Å². The Labute approximate surface area is 95.4 Å². The van der Waals surface area contributed by atoms with Gasteiger partial charge in [-0.2, -0.15) is 13.2 Å². The largest absolute Gasteiger partial charge is 0.416 e. The fourth-order valence-corrected chi connectivity index (χ4v) is 1.45. The first-order chi connectivity index (χ1) is 7.63. The minimum Gasteiger partial charge on any atom is -0.370 e. The monoisotopic (exact) mass is 249 g/mol. The van der Waals surface area contributed by atoms with Crippen LogP contribution in [0.25, 0.3) is 0 Å². The lowest BCUT2D eigenvalue weighted by molar-refractivity contribution is -0.137. The van der Waals surface area contributed by atoms with Gasteiger partial charge in [-0.05, 0) is 24.6 Å². The van der Waals surface area contributed by atoms with Crippen LogP contribution in [0.15, 0.2) is 24.3 Å². The summed E-state index contributed by atoms with van der Waals surface area (Å²) < 4.78 is 51.2. The summed E-state index contributed by atoms with van der Waals surface area (Å²) in [6.45, 7) is 1.02. The Bertz CT molecular complexity index is 426. The normalized spacial score (nSPS) is 15.4. The molecule has 2 N–H and O–H groups in total. The third kappa shape index (κ3) is 3.44. The van der Waals surface area contributed by atoms with Crippen LogP contribution in [0.1, 0.15) is 24.5 Å². The van der Waals surface area contributed by atoms with Gasteiger partial charge in [-0.25, -0.2) is 4.39 Å². The zero-order valence-corrected chi connectivity index (χ0v) is 9.01. The lowest BCUT2D eigenvalue weighted by Gasteiger charge is -2.20. The Morgan fingerprint density at radius 2 is 1.76 bits per heavy atom. The van der Waals surface area contributed by atoms with Gasteiger partial charge in [-0.1, -0.05) is 12.1 Å². The maximum atomic E-state index is 14.0. The lowest BCUT2D eigenvalue weighted by atomic mass is 9.92. The van der Waals surface area contributed by atoms with Crippen molar-refractivity contribution in [3.63, 3.8) is 0 Å². The number of halogens is 4. The van der Waals surface area contributed by atoms with E-state index in [4.69, 9.17) is 5.73 Å². The van der Waals surface area contributed by atoms with Crippen LogP contribution in [0.2, 0.25) is 0 Å². The molecule has 0 radical (unpaired) electrons. The summed E-state index contributed by atoms with van der Waals surface area (Å²) in [4.78, 5) is 10.6. The van der Waals surface area contributed by atoms with Crippen LogP contribution < -0.4 is 5.73 Å². The average Bonchev–Trinajstić information content (AvgIpc) is 2.14. The molecule has 0 fully saturated rings. The van der Waals surface area contributed by atoms with E-state index >= 15 is 0 Å². The highest BCUT2D eigenvalue weighted by Crippen LogP contribution is 2.34. The lowest BCUT2D eigenvalue weighted by Crippen LogP contribution is -2.25. The Hall–Kier alpha value is -1.59. The van der Waals surface area contributed by atoms with Crippen LogP contribution in [-0.4, -0.2) is 5.91 Å². The van der Waals surface area contributed by atoms with Crippen molar-refractivity contribution in [2.45, 2.75) is 25.2 Å². The molecule has 1 atom stereocenters. The van der Waals surface area contributed by atoms with E-state index in [9.17, 15) is 22.4 Å². The van der Waals surface area contributed by atoms with E-state index in [0.29, 0.717) is 6.07 Å². The van der Waals surface area contributed by atoms with Gasteiger partial charge in [0.15, 0.2) is 0 Å². The molecule has 0 saturated heterocycles. The molecule has 1 unspecified atom stereocenters. The molecule has 1 aromatic rings. The summed E-state index contributed by atoms with van der Waals surface area (Å²) in [5, 5.41) is 0. The quantitative estimate of drug-likeness (QED) is 0.822. The van der Waals surface area contributed by atoms with Crippen LogP contribution in [0, 0.1) is 0 Å². The number of primary amides is 1. The Kier molecular flexibility index (Phi) is 3.45. The van der Waals surface area contributed by atoms with E-state index in [0.717, 1.165) is 19.1 Å². The molecule has 17 heavy (non-hydrogen) atoms. The van der Waals surface area contributed by atoms with Gasteiger partial charge in [0.2, 0.25) is 5.91 Å². The molecule has 0 bridgehead atoms. The van der Waals surface area contributed by atoms with E-state index in [1.54, 1.807) is 0 Å². The van der Waals surface area contributed by atoms with Gasteiger partial charge in [0, 0.05) is 0 Å². The van der Waals surface area contributed by atoms with E-state index in [2.05, 4.69) is 0 Å². The molecule has 0 spiro atoms. The van der Waals surface area contributed by atoms with E-state index in [1.807, 2.05) is 0 Å². The summed E-state index contributed by atoms with van der Waals surface area (Å²) in [5.41, 5.74) is 1.47. The van der Waals surface area contributed by atoms with Crippen LogP contribution in [0.4, 0.5) is 17.6 Å². The minimum atomic E-state index is -4.54. The first-order valence-electron chi connectivity index (χ1n) is 4.78. The first-order valence-corrected chi connectivity index (χ1v) is 4.78. The van der Waals surface area contributed by atoms with Crippen molar-refractivity contribution in [3.05, 3.63) is 35.4 Å². The number of hydrogen-bond donors (Lipinski definition) is 1. The van der Waals surface area contributed by atoms with Gasteiger partial charge < -0.3 is 5.73 Å². The highest BCUT2D eigenvalue weighted by atomic mass is 19.4. The van der Waals surface area contributed by atoms with Crippen molar-refractivity contribution in [2.24, 2.45) is 5.73 Å². The Morgan fingerprint density at radius 1 is 1.24 bits per heavy atom. The molecule has 0 aliphatic rings. The van der Waals surface area contributed by atoms with Crippen LogP contribution in [0.3, 0.4) is 0 Å². The molecule has 6 heteroatoms. The smallest absolute Gasteiger partial charge is 0.370 e. The molecule has 1 aromatic carbocycles. The van der Waals surface area contributed by atoms with Crippen LogP contribution in [0.5, 0.6) is 0 Å². The van der Waals surface area contributed by atoms with Crippen molar-refractivity contribution in [1.29, 1.82) is 0 Å². The minimum absolute atomic E-state index is 0.217. The van der Waals surface area contributed by atoms with E-state index < -0.39 is 29.7 Å². The summed E-state index contributed by atoms with van der Waals surface area (Å²) in [7, 11) is 0. The predicted molar refractivity (Wildman–Crippen MR) is 53.7 cm³/mol. The molecular formula is C11H11F4NO. The van der Waals surface area contributed by atoms with E-state index in [1.165, 1.54) is 6.07 Å². The van der Waals surface area contributed by atoms with E-state index in [-0.39, 0.29) is 5.56 Å². The third-order valence-electron chi connectivity index (χ3n) is 2.30. The first kappa shape index (κ1) is 13.5. The molecule has 0 saturated carbocycles. The topological polar surface area (TPSA) is 43.1 Å². The van der Waals surface area contributed by atoms with Gasteiger partial charge in [0.05, 0.1) is 12.0 Å². The number of alkyl halides is 4. The summed E-state index contributed by atoms with van der Waals surface area (Å²) in [6, 6.07) is 3.81. The number of carbonyl (C=O) groups excluding carboxylic acids is 1. The zero-order chi connectivity index (χ0) is 13.3. The molecule has 1 rings (SSSR count). The molecule has 1 amide bonds. The second-order valence-electron chi connectivity index (χ2n) is 3.92. The van der Waals surface area contributed by atoms with Crippen molar-refractivity contribution >= 4 is 5.91 Å². The highest BCUT2D eigenvalue weighted by Gasteiger charge is 2.34. The summed E-state index contributed by atoms with van der Waals surface area (Å²) in [5.74, 6) is -0.910. The third-order valence-corrected chi connectivity index (χ3v) is 2.30. The fraction of sp³-hybridized carbons (Fsp3) is 0.364. The molecule has 94 valence electrons. The van der Waals surface area contributed by atoms with Crippen molar-refractivity contribution in [2.75, 3.05) is 0 Å². The highest BCUT2D eigenvalue weighted by molar-refractivity contribution is 5.75. The molecule has 0 aliphatic heterocycles. The number of amides is 1. The van der Waals surface area contributed by atoms with Gasteiger partial charge in [0.1, 0.15) is 5.67 Å². The number of carbonyl (C=O) groups is 1. The number of hydrogen-bond acceptors (Lipinski definition) is 1. The SMILES string of the molecule is CC(F)(CC(N)=O)c1cccc(C(F)(F)F)c1. The standard InChI is InChI=1S/C11H11F4NO/c1-10(12,6-9(16)17)7-3-2-4-8(5-7)11(13,14)15/h2-5H,6H2,1H3,(H2,16,17). The molecule has 2 nitrogen and oxygen atoms in total. The maximum absolute atomic E-state index is 14.0.